The minimum Gasteiger partial charge on any atom is -0.352 e. The third-order valence-electron chi connectivity index (χ3n) is 7.96. The van der Waals surface area contributed by atoms with Crippen LogP contribution >= 0.6 is 34.8 Å². The molecule has 1 aliphatic carbocycles. The average molecular weight is 699 g/mol. The molecule has 1 unspecified atom stereocenters. The van der Waals surface area contributed by atoms with Gasteiger partial charge >= 0.3 is 0 Å². The van der Waals surface area contributed by atoms with E-state index in [1.165, 1.54) is 35.2 Å². The van der Waals surface area contributed by atoms with Crippen molar-refractivity contribution in [2.24, 2.45) is 0 Å². The monoisotopic (exact) mass is 697 g/mol. The second-order valence-corrected chi connectivity index (χ2v) is 14.5. The fraction of sp³-hybridized carbons (Fsp3) is 0.257. The molecule has 240 valence electrons. The molecule has 1 N–H and O–H groups in total. The van der Waals surface area contributed by atoms with Crippen LogP contribution in [0.1, 0.15) is 36.8 Å². The molecule has 0 heterocycles. The lowest BCUT2D eigenvalue weighted by atomic mass is 10.0. The molecule has 5 rings (SSSR count). The summed E-state index contributed by atoms with van der Waals surface area (Å²) in [5.74, 6) is -0.882. The van der Waals surface area contributed by atoms with E-state index in [-0.39, 0.29) is 45.5 Å². The molecule has 11 heteroatoms. The number of amides is 2. The normalized spacial score (nSPS) is 14.1. The number of hydrogen-bond acceptors (Lipinski definition) is 4. The Morgan fingerprint density at radius 1 is 0.761 bits per heavy atom. The first kappa shape index (κ1) is 33.8. The van der Waals surface area contributed by atoms with Crippen LogP contribution in [0.4, 0.5) is 5.69 Å². The highest BCUT2D eigenvalue weighted by Crippen LogP contribution is 2.30. The van der Waals surface area contributed by atoms with E-state index in [1.54, 1.807) is 36.4 Å². The van der Waals surface area contributed by atoms with Crippen LogP contribution in [0.2, 0.25) is 15.1 Å². The summed E-state index contributed by atoms with van der Waals surface area (Å²) in [6, 6.07) is 27.7. The van der Waals surface area contributed by atoms with Crippen LogP contribution < -0.4 is 9.62 Å². The van der Waals surface area contributed by atoms with Crippen molar-refractivity contribution in [3.8, 4) is 0 Å². The van der Waals surface area contributed by atoms with Crippen LogP contribution in [0.25, 0.3) is 0 Å². The summed E-state index contributed by atoms with van der Waals surface area (Å²) in [5.41, 5.74) is 1.66. The molecule has 0 spiro atoms. The molecule has 1 saturated carbocycles. The van der Waals surface area contributed by atoms with Gasteiger partial charge in [-0.05, 0) is 66.4 Å². The predicted octanol–water partition coefficient (Wildman–Crippen LogP) is 7.54. The van der Waals surface area contributed by atoms with Crippen LogP contribution in [0.5, 0.6) is 0 Å². The lowest BCUT2D eigenvalue weighted by molar-refractivity contribution is -0.140. The Bertz CT molecular complexity index is 1750. The Hall–Kier alpha value is -3.56. The molecule has 0 aromatic heterocycles. The van der Waals surface area contributed by atoms with Crippen molar-refractivity contribution in [3.63, 3.8) is 0 Å². The van der Waals surface area contributed by atoms with E-state index in [0.29, 0.717) is 10.6 Å². The molecular weight excluding hydrogens is 665 g/mol. The molecule has 1 aliphatic rings. The topological polar surface area (TPSA) is 86.8 Å². The Balaban J connectivity index is 1.58. The van der Waals surface area contributed by atoms with Gasteiger partial charge in [0.05, 0.1) is 10.6 Å². The molecule has 0 bridgehead atoms. The van der Waals surface area contributed by atoms with Crippen LogP contribution in [-0.2, 0) is 32.6 Å². The van der Waals surface area contributed by atoms with Crippen molar-refractivity contribution >= 4 is 62.3 Å². The van der Waals surface area contributed by atoms with E-state index in [1.807, 2.05) is 36.4 Å². The highest BCUT2D eigenvalue weighted by Gasteiger charge is 2.35. The molecule has 0 aliphatic heterocycles. The zero-order chi connectivity index (χ0) is 32.7. The number of anilines is 1. The summed E-state index contributed by atoms with van der Waals surface area (Å²) in [5, 5.41) is 4.05. The number of nitrogens with one attached hydrogen (secondary N) is 1. The number of carbonyl (C=O) groups is 2. The van der Waals surface area contributed by atoms with Crippen LogP contribution in [0.3, 0.4) is 0 Å². The van der Waals surface area contributed by atoms with E-state index in [9.17, 15) is 18.0 Å². The van der Waals surface area contributed by atoms with Gasteiger partial charge in [-0.1, -0.05) is 108 Å². The van der Waals surface area contributed by atoms with E-state index in [0.717, 1.165) is 35.6 Å². The Morgan fingerprint density at radius 2 is 1.37 bits per heavy atom. The largest absolute Gasteiger partial charge is 0.352 e. The number of nitrogens with zero attached hydrogens (tertiary/aromatic N) is 2. The predicted molar refractivity (Wildman–Crippen MR) is 184 cm³/mol. The van der Waals surface area contributed by atoms with Crippen molar-refractivity contribution in [1.29, 1.82) is 0 Å². The summed E-state index contributed by atoms with van der Waals surface area (Å²) in [6.07, 6.45) is 4.00. The standard InChI is InChI=1S/C35H34Cl3N3O4S/c36-27-13-9-12-26(18-27)23-40(33(19-25-10-3-1-4-11-25)35(43)39-30-14-7-8-15-30)34(42)24-41(31-21-28(37)20-29(38)22-31)46(44,45)32-16-5-2-6-17-32/h1-6,9-13,16-18,20-22,30,33H,7-8,14-15,19,23-24H2,(H,39,43). The molecule has 7 nitrogen and oxygen atoms in total. The van der Waals surface area contributed by atoms with Crippen LogP contribution in [-0.4, -0.2) is 43.8 Å². The maximum absolute atomic E-state index is 14.6. The highest BCUT2D eigenvalue weighted by molar-refractivity contribution is 7.92. The highest BCUT2D eigenvalue weighted by atomic mass is 35.5. The van der Waals surface area contributed by atoms with Crippen LogP contribution in [0, 0.1) is 0 Å². The number of benzene rings is 4. The van der Waals surface area contributed by atoms with Gasteiger partial charge in [0.1, 0.15) is 12.6 Å². The second kappa shape index (κ2) is 15.4. The molecule has 4 aromatic rings. The van der Waals surface area contributed by atoms with E-state index >= 15 is 0 Å². The Morgan fingerprint density at radius 3 is 2.00 bits per heavy atom. The minimum absolute atomic E-state index is 0.0115. The summed E-state index contributed by atoms with van der Waals surface area (Å²) in [4.78, 5) is 30.1. The molecule has 2 amide bonds. The summed E-state index contributed by atoms with van der Waals surface area (Å²) < 4.78 is 29.2. The Kier molecular flexibility index (Phi) is 11.3. The van der Waals surface area contributed by atoms with Gasteiger partial charge in [0.15, 0.2) is 0 Å². The van der Waals surface area contributed by atoms with Gasteiger partial charge in [-0.25, -0.2) is 8.42 Å². The quantitative estimate of drug-likeness (QED) is 0.166. The van der Waals surface area contributed by atoms with Crippen molar-refractivity contribution in [2.45, 2.75) is 55.6 Å². The van der Waals surface area contributed by atoms with Crippen LogP contribution in [0.15, 0.2) is 108 Å². The van der Waals surface area contributed by atoms with Gasteiger partial charge in [-0.3, -0.25) is 13.9 Å². The summed E-state index contributed by atoms with van der Waals surface area (Å²) >= 11 is 18.9. The van der Waals surface area contributed by atoms with Crippen molar-refractivity contribution in [3.05, 3.63) is 129 Å². The third-order valence-corrected chi connectivity index (χ3v) is 10.4. The fourth-order valence-corrected chi connectivity index (χ4v) is 7.83. The smallest absolute Gasteiger partial charge is 0.264 e. The first-order chi connectivity index (χ1) is 22.1. The molecule has 1 atom stereocenters. The average Bonchev–Trinajstić information content (AvgIpc) is 3.55. The molecule has 0 saturated heterocycles. The maximum atomic E-state index is 14.6. The molecule has 1 fully saturated rings. The molecule has 4 aromatic carbocycles. The van der Waals surface area contributed by atoms with Gasteiger partial charge in [0.2, 0.25) is 11.8 Å². The van der Waals surface area contributed by atoms with Crippen molar-refractivity contribution < 1.29 is 18.0 Å². The second-order valence-electron chi connectivity index (χ2n) is 11.3. The van der Waals surface area contributed by atoms with Gasteiger partial charge in [-0.15, -0.1) is 0 Å². The van der Waals surface area contributed by atoms with E-state index < -0.39 is 28.5 Å². The van der Waals surface area contributed by atoms with Gasteiger partial charge in [0, 0.05) is 34.1 Å². The summed E-state index contributed by atoms with van der Waals surface area (Å²) in [7, 11) is -4.27. The lowest BCUT2D eigenvalue weighted by Crippen LogP contribution is -2.54. The maximum Gasteiger partial charge on any atom is 0.264 e. The van der Waals surface area contributed by atoms with E-state index in [2.05, 4.69) is 5.32 Å². The summed E-state index contributed by atoms with van der Waals surface area (Å²) in [6.45, 7) is -0.596. The fourth-order valence-electron chi connectivity index (χ4n) is 5.69. The van der Waals surface area contributed by atoms with Crippen molar-refractivity contribution in [2.75, 3.05) is 10.8 Å². The molecular formula is C35H34Cl3N3O4S. The van der Waals surface area contributed by atoms with Gasteiger partial charge in [0.25, 0.3) is 10.0 Å². The zero-order valence-corrected chi connectivity index (χ0v) is 28.1. The Labute approximate surface area is 285 Å². The number of rotatable bonds is 12. The van der Waals surface area contributed by atoms with Gasteiger partial charge in [-0.2, -0.15) is 0 Å². The number of carbonyl (C=O) groups excluding carboxylic acids is 2. The van der Waals surface area contributed by atoms with Crippen molar-refractivity contribution in [1.82, 2.24) is 10.2 Å². The lowest BCUT2D eigenvalue weighted by Gasteiger charge is -2.34. The third kappa shape index (κ3) is 8.62. The number of sulfonamides is 1. The zero-order valence-electron chi connectivity index (χ0n) is 25.0. The minimum atomic E-state index is -4.27. The SMILES string of the molecule is O=C(NC1CCCC1)C(Cc1ccccc1)N(Cc1cccc(Cl)c1)C(=O)CN(c1cc(Cl)cc(Cl)c1)S(=O)(=O)c1ccccc1. The molecule has 46 heavy (non-hydrogen) atoms. The number of hydrogen-bond donors (Lipinski definition) is 1. The first-order valence-electron chi connectivity index (χ1n) is 15.0. The number of halogens is 3. The molecule has 0 radical (unpaired) electrons. The van der Waals surface area contributed by atoms with Gasteiger partial charge < -0.3 is 10.2 Å². The first-order valence-corrected chi connectivity index (χ1v) is 17.6. The van der Waals surface area contributed by atoms with E-state index in [4.69, 9.17) is 34.8 Å².